The summed E-state index contributed by atoms with van der Waals surface area (Å²) < 4.78 is 11.1. The molecule has 0 saturated carbocycles. The zero-order valence-corrected chi connectivity index (χ0v) is 34.0. The fourth-order valence-corrected chi connectivity index (χ4v) is 6.98. The Labute approximate surface area is 324 Å². The molecule has 0 aromatic rings. The van der Waals surface area contributed by atoms with E-state index in [2.05, 4.69) is 25.2 Å². The van der Waals surface area contributed by atoms with E-state index in [0.29, 0.717) is 6.42 Å². The lowest BCUT2D eigenvalue weighted by atomic mass is 9.99. The summed E-state index contributed by atoms with van der Waals surface area (Å²) in [5.41, 5.74) is 0. The van der Waals surface area contributed by atoms with E-state index in [1.807, 2.05) is 6.08 Å². The van der Waals surface area contributed by atoms with E-state index < -0.39 is 49.5 Å². The Morgan fingerprint density at radius 3 is 1.57 bits per heavy atom. The van der Waals surface area contributed by atoms with Gasteiger partial charge in [0.1, 0.15) is 24.4 Å². The monoisotopic (exact) mass is 754 g/mol. The van der Waals surface area contributed by atoms with E-state index in [0.717, 1.165) is 32.1 Å². The van der Waals surface area contributed by atoms with Crippen molar-refractivity contribution in [3.05, 3.63) is 24.3 Å². The first kappa shape index (κ1) is 49.7. The minimum atomic E-state index is -1.57. The smallest absolute Gasteiger partial charge is 0.220 e. The van der Waals surface area contributed by atoms with Crippen LogP contribution in [-0.2, 0) is 14.3 Å². The molecule has 0 bridgehead atoms. The van der Waals surface area contributed by atoms with Crippen molar-refractivity contribution in [3.8, 4) is 0 Å². The van der Waals surface area contributed by atoms with Crippen LogP contribution in [0.4, 0.5) is 0 Å². The van der Waals surface area contributed by atoms with Crippen molar-refractivity contribution in [2.24, 2.45) is 0 Å². The molecule has 9 nitrogen and oxygen atoms in total. The third-order valence-corrected chi connectivity index (χ3v) is 10.6. The summed E-state index contributed by atoms with van der Waals surface area (Å²) >= 11 is 0. The summed E-state index contributed by atoms with van der Waals surface area (Å²) in [6, 6.07) is -0.830. The number of aliphatic hydroxyl groups excluding tert-OH is 5. The van der Waals surface area contributed by atoms with Gasteiger partial charge in [0.2, 0.25) is 5.91 Å². The third kappa shape index (κ3) is 26.2. The highest BCUT2D eigenvalue weighted by atomic mass is 16.7. The van der Waals surface area contributed by atoms with Crippen LogP contribution in [0.3, 0.4) is 0 Å². The number of ether oxygens (including phenoxy) is 2. The minimum absolute atomic E-state index is 0.194. The molecule has 2 unspecified atom stereocenters. The molecule has 0 radical (unpaired) electrons. The molecule has 1 fully saturated rings. The van der Waals surface area contributed by atoms with Crippen LogP contribution in [0.5, 0.6) is 0 Å². The zero-order chi connectivity index (χ0) is 38.8. The lowest BCUT2D eigenvalue weighted by Gasteiger charge is -2.40. The topological polar surface area (TPSA) is 149 Å². The predicted molar refractivity (Wildman–Crippen MR) is 217 cm³/mol. The Balaban J connectivity index is 2.28. The molecule has 1 heterocycles. The fourth-order valence-electron chi connectivity index (χ4n) is 6.98. The van der Waals surface area contributed by atoms with Gasteiger partial charge < -0.3 is 40.3 Å². The van der Waals surface area contributed by atoms with E-state index in [1.54, 1.807) is 12.2 Å². The maximum Gasteiger partial charge on any atom is 0.220 e. The molecule has 0 aliphatic carbocycles. The van der Waals surface area contributed by atoms with Crippen molar-refractivity contribution in [2.75, 3.05) is 13.2 Å². The lowest BCUT2D eigenvalue weighted by molar-refractivity contribution is -0.302. The summed E-state index contributed by atoms with van der Waals surface area (Å²) in [4.78, 5) is 12.9. The van der Waals surface area contributed by atoms with Gasteiger partial charge in [-0.15, -0.1) is 0 Å². The summed E-state index contributed by atoms with van der Waals surface area (Å²) in [5, 5.41) is 53.9. The quantitative estimate of drug-likeness (QED) is 0.0275. The van der Waals surface area contributed by atoms with Gasteiger partial charge in [0.05, 0.1) is 25.4 Å². The third-order valence-electron chi connectivity index (χ3n) is 10.6. The highest BCUT2D eigenvalue weighted by Gasteiger charge is 2.44. The van der Waals surface area contributed by atoms with E-state index in [1.165, 1.54) is 141 Å². The van der Waals surface area contributed by atoms with Crippen LogP contribution in [0.1, 0.15) is 194 Å². The molecule has 53 heavy (non-hydrogen) atoms. The Morgan fingerprint density at radius 1 is 0.642 bits per heavy atom. The number of carbonyl (C=O) groups is 1. The van der Waals surface area contributed by atoms with Gasteiger partial charge in [-0.1, -0.05) is 192 Å². The largest absolute Gasteiger partial charge is 0.394 e. The molecule has 9 heteroatoms. The van der Waals surface area contributed by atoms with Gasteiger partial charge in [-0.3, -0.25) is 4.79 Å². The highest BCUT2D eigenvalue weighted by molar-refractivity contribution is 5.76. The average molecular weight is 754 g/mol. The molecule has 1 saturated heterocycles. The van der Waals surface area contributed by atoms with E-state index in [-0.39, 0.29) is 12.5 Å². The number of amides is 1. The van der Waals surface area contributed by atoms with E-state index in [4.69, 9.17) is 9.47 Å². The van der Waals surface area contributed by atoms with Crippen LogP contribution in [0, 0.1) is 0 Å². The molecular weight excluding hydrogens is 670 g/mol. The second-order valence-electron chi connectivity index (χ2n) is 15.5. The molecule has 312 valence electrons. The zero-order valence-electron chi connectivity index (χ0n) is 34.0. The number of unbranched alkanes of at least 4 members (excludes halogenated alkanes) is 25. The summed E-state index contributed by atoms with van der Waals surface area (Å²) in [7, 11) is 0. The molecule has 7 atom stereocenters. The maximum atomic E-state index is 12.9. The van der Waals surface area contributed by atoms with E-state index >= 15 is 0 Å². The van der Waals surface area contributed by atoms with Crippen molar-refractivity contribution in [2.45, 2.75) is 236 Å². The van der Waals surface area contributed by atoms with Crippen molar-refractivity contribution in [3.63, 3.8) is 0 Å². The number of hydrogen-bond acceptors (Lipinski definition) is 8. The summed E-state index contributed by atoms with van der Waals surface area (Å²) in [6.45, 7) is 3.70. The second kappa shape index (κ2) is 35.1. The Morgan fingerprint density at radius 2 is 1.09 bits per heavy atom. The molecule has 0 aromatic heterocycles. The van der Waals surface area contributed by atoms with Crippen molar-refractivity contribution in [1.29, 1.82) is 0 Å². The minimum Gasteiger partial charge on any atom is -0.394 e. The molecule has 1 aliphatic rings. The van der Waals surface area contributed by atoms with Crippen LogP contribution in [-0.4, -0.2) is 87.5 Å². The van der Waals surface area contributed by atoms with Crippen LogP contribution < -0.4 is 5.32 Å². The van der Waals surface area contributed by atoms with Crippen LogP contribution in [0.25, 0.3) is 0 Å². The van der Waals surface area contributed by atoms with Gasteiger partial charge in [0.25, 0.3) is 0 Å². The predicted octanol–water partition coefficient (Wildman–Crippen LogP) is 8.72. The standard InChI is InChI=1S/C44H83NO8/c1-3-5-7-9-11-13-14-15-16-17-18-19-20-21-22-23-24-26-28-30-32-34-40(48)45-37(38(47)33-31-29-27-25-12-10-8-6-4-2)36-52-44-43(51)42(50)41(49)39(35-46)53-44/h27,29,31,33,37-39,41-44,46-47,49-51H,3-26,28,30,32,34-36H2,1-2H3,(H,45,48)/b29-27+,33-31+/t37-,38+,39-,41-,42?,43?,44-/m0/s1. The number of rotatable bonds is 36. The average Bonchev–Trinajstić information content (AvgIpc) is 3.16. The molecule has 1 aliphatic heterocycles. The van der Waals surface area contributed by atoms with Crippen LogP contribution in [0.2, 0.25) is 0 Å². The SMILES string of the molecule is CCCCCCC/C=C/C=C/[C@@H](O)[C@H](CO[C@H]1O[C@@H](CO)[C@H](O)C(O)C1O)NC(=O)CCCCCCCCCCCCCCCCCCCCCCC. The number of allylic oxidation sites excluding steroid dienone is 3. The van der Waals surface area contributed by atoms with Gasteiger partial charge in [-0.25, -0.2) is 0 Å². The summed E-state index contributed by atoms with van der Waals surface area (Å²) in [5.74, 6) is -0.194. The number of nitrogens with one attached hydrogen (secondary N) is 1. The normalized spacial score (nSPS) is 21.8. The first-order valence-electron chi connectivity index (χ1n) is 22.1. The van der Waals surface area contributed by atoms with Crippen LogP contribution >= 0.6 is 0 Å². The maximum absolute atomic E-state index is 12.9. The lowest BCUT2D eigenvalue weighted by Crippen LogP contribution is -2.60. The van der Waals surface area contributed by atoms with Crippen molar-refractivity contribution < 1.29 is 39.8 Å². The Kier molecular flexibility index (Phi) is 32.9. The summed E-state index contributed by atoms with van der Waals surface area (Å²) in [6.07, 6.45) is 33.9. The van der Waals surface area contributed by atoms with Gasteiger partial charge in [-0.05, 0) is 19.3 Å². The van der Waals surface area contributed by atoms with Crippen LogP contribution in [0.15, 0.2) is 24.3 Å². The molecule has 0 spiro atoms. The molecule has 1 rings (SSSR count). The van der Waals surface area contributed by atoms with Crippen molar-refractivity contribution >= 4 is 5.91 Å². The van der Waals surface area contributed by atoms with Gasteiger partial charge in [0.15, 0.2) is 6.29 Å². The van der Waals surface area contributed by atoms with E-state index in [9.17, 15) is 30.3 Å². The second-order valence-corrected chi connectivity index (χ2v) is 15.5. The highest BCUT2D eigenvalue weighted by Crippen LogP contribution is 2.22. The van der Waals surface area contributed by atoms with Gasteiger partial charge in [-0.2, -0.15) is 0 Å². The van der Waals surface area contributed by atoms with Gasteiger partial charge in [0, 0.05) is 6.42 Å². The van der Waals surface area contributed by atoms with Crippen molar-refractivity contribution in [1.82, 2.24) is 5.32 Å². The fraction of sp³-hybridized carbons (Fsp3) is 0.886. The number of carbonyl (C=O) groups excluding carboxylic acids is 1. The molecular formula is C44H83NO8. The Hall–Kier alpha value is -1.33. The Bertz CT molecular complexity index is 883. The molecule has 1 amide bonds. The molecule has 0 aromatic carbocycles. The first-order valence-corrected chi connectivity index (χ1v) is 22.1. The number of hydrogen-bond donors (Lipinski definition) is 6. The first-order chi connectivity index (χ1) is 25.8. The number of aliphatic hydroxyl groups is 5. The van der Waals surface area contributed by atoms with Gasteiger partial charge >= 0.3 is 0 Å². The molecule has 6 N–H and O–H groups in total.